The molecule has 20 heavy (non-hydrogen) atoms. The molecule has 1 unspecified atom stereocenters. The lowest BCUT2D eigenvalue weighted by molar-refractivity contribution is -0.118. The van der Waals surface area contributed by atoms with Crippen LogP contribution in [-0.4, -0.2) is 28.1 Å². The van der Waals surface area contributed by atoms with E-state index in [2.05, 4.69) is 15.6 Å². The van der Waals surface area contributed by atoms with Crippen molar-refractivity contribution in [3.63, 3.8) is 0 Å². The molecule has 0 radical (unpaired) electrons. The minimum Gasteiger partial charge on any atom is -0.387 e. The summed E-state index contributed by atoms with van der Waals surface area (Å²) in [6, 6.07) is 3.48. The van der Waals surface area contributed by atoms with Crippen molar-refractivity contribution in [3.05, 3.63) is 23.9 Å². The summed E-state index contributed by atoms with van der Waals surface area (Å²) in [4.78, 5) is 15.7. The van der Waals surface area contributed by atoms with Gasteiger partial charge in [-0.15, -0.1) is 0 Å². The molecule has 0 saturated carbocycles. The number of hydrogen-bond acceptors (Lipinski definition) is 4. The first-order chi connectivity index (χ1) is 9.19. The first kappa shape index (κ1) is 16.6. The van der Waals surface area contributed by atoms with E-state index in [0.29, 0.717) is 12.4 Å². The second-order valence-corrected chi connectivity index (χ2v) is 6.27. The van der Waals surface area contributed by atoms with Gasteiger partial charge < -0.3 is 15.7 Å². The molecule has 0 saturated heterocycles. The van der Waals surface area contributed by atoms with E-state index < -0.39 is 6.10 Å². The monoisotopic (exact) mass is 279 g/mol. The molecule has 0 bridgehead atoms. The number of aromatic nitrogens is 1. The van der Waals surface area contributed by atoms with Crippen LogP contribution in [0.3, 0.4) is 0 Å². The third-order valence-corrected chi connectivity index (χ3v) is 2.77. The van der Waals surface area contributed by atoms with Gasteiger partial charge in [0.2, 0.25) is 5.91 Å². The van der Waals surface area contributed by atoms with Crippen LogP contribution in [0.25, 0.3) is 0 Å². The third kappa shape index (κ3) is 5.67. The standard InChI is InChI=1S/C15H25N3O2/c1-10(2)14(20)18-13-7-6-11(8-16-13)12(19)9-17-15(3,4)5/h6-8,10,12,17,19H,9H2,1-5H3,(H,16,18,20). The molecule has 0 spiro atoms. The lowest BCUT2D eigenvalue weighted by atomic mass is 10.1. The van der Waals surface area contributed by atoms with Gasteiger partial charge in [-0.1, -0.05) is 19.9 Å². The van der Waals surface area contributed by atoms with Crippen molar-refractivity contribution in [2.75, 3.05) is 11.9 Å². The number of pyridine rings is 1. The van der Waals surface area contributed by atoms with E-state index in [4.69, 9.17) is 0 Å². The number of rotatable bonds is 5. The van der Waals surface area contributed by atoms with E-state index in [1.54, 1.807) is 18.3 Å². The zero-order valence-corrected chi connectivity index (χ0v) is 12.9. The maximum atomic E-state index is 11.5. The molecule has 112 valence electrons. The van der Waals surface area contributed by atoms with Crippen LogP contribution in [0.5, 0.6) is 0 Å². The molecule has 1 atom stereocenters. The highest BCUT2D eigenvalue weighted by atomic mass is 16.3. The molecule has 1 heterocycles. The zero-order chi connectivity index (χ0) is 15.3. The van der Waals surface area contributed by atoms with Crippen LogP contribution in [-0.2, 0) is 4.79 Å². The van der Waals surface area contributed by atoms with Crippen molar-refractivity contribution >= 4 is 11.7 Å². The molecule has 0 aliphatic heterocycles. The van der Waals surface area contributed by atoms with Gasteiger partial charge in [0.25, 0.3) is 0 Å². The molecule has 0 aliphatic carbocycles. The van der Waals surface area contributed by atoms with Gasteiger partial charge in [0.05, 0.1) is 6.10 Å². The van der Waals surface area contributed by atoms with Crippen LogP contribution in [0.15, 0.2) is 18.3 Å². The van der Waals surface area contributed by atoms with Crippen LogP contribution in [0, 0.1) is 5.92 Å². The largest absolute Gasteiger partial charge is 0.387 e. The van der Waals surface area contributed by atoms with Gasteiger partial charge in [0.15, 0.2) is 0 Å². The minimum atomic E-state index is -0.614. The van der Waals surface area contributed by atoms with Crippen LogP contribution < -0.4 is 10.6 Å². The smallest absolute Gasteiger partial charge is 0.228 e. The summed E-state index contributed by atoms with van der Waals surface area (Å²) in [7, 11) is 0. The predicted molar refractivity (Wildman–Crippen MR) is 80.4 cm³/mol. The Morgan fingerprint density at radius 1 is 1.35 bits per heavy atom. The number of β-amino-alcohol motifs (C(OH)–C–C–N with tert-alkyl or cyclic N) is 1. The van der Waals surface area contributed by atoms with E-state index in [-0.39, 0.29) is 17.4 Å². The van der Waals surface area contributed by atoms with E-state index in [1.807, 2.05) is 34.6 Å². The number of nitrogens with one attached hydrogen (secondary N) is 2. The van der Waals surface area contributed by atoms with Crippen LogP contribution in [0.1, 0.15) is 46.3 Å². The summed E-state index contributed by atoms with van der Waals surface area (Å²) in [6.45, 7) is 10.2. The van der Waals surface area contributed by atoms with Crippen LogP contribution in [0.2, 0.25) is 0 Å². The first-order valence-corrected chi connectivity index (χ1v) is 6.89. The molecule has 1 aromatic rings. The molecule has 0 fully saturated rings. The van der Waals surface area contributed by atoms with Gasteiger partial charge >= 0.3 is 0 Å². The van der Waals surface area contributed by atoms with Crippen molar-refractivity contribution in [2.24, 2.45) is 5.92 Å². The normalized spacial score (nSPS) is 13.3. The number of amides is 1. The number of anilines is 1. The Bertz CT molecular complexity index is 435. The van der Waals surface area contributed by atoms with Gasteiger partial charge in [0, 0.05) is 29.8 Å². The lowest BCUT2D eigenvalue weighted by Crippen LogP contribution is -2.38. The van der Waals surface area contributed by atoms with Gasteiger partial charge in [0.1, 0.15) is 5.82 Å². The maximum absolute atomic E-state index is 11.5. The number of carbonyl (C=O) groups is 1. The summed E-state index contributed by atoms with van der Waals surface area (Å²) in [5.74, 6) is 0.349. The summed E-state index contributed by atoms with van der Waals surface area (Å²) in [5, 5.41) is 16.0. The van der Waals surface area contributed by atoms with Gasteiger partial charge in [-0.2, -0.15) is 0 Å². The average Bonchev–Trinajstić information content (AvgIpc) is 2.35. The van der Waals surface area contributed by atoms with Gasteiger partial charge in [-0.05, 0) is 26.8 Å². The van der Waals surface area contributed by atoms with E-state index in [1.165, 1.54) is 0 Å². The number of hydrogen-bond donors (Lipinski definition) is 3. The fraction of sp³-hybridized carbons (Fsp3) is 0.600. The fourth-order valence-electron chi connectivity index (χ4n) is 1.47. The highest BCUT2D eigenvalue weighted by molar-refractivity contribution is 5.91. The predicted octanol–water partition coefficient (Wildman–Crippen LogP) is 2.10. The highest BCUT2D eigenvalue weighted by Gasteiger charge is 2.14. The molecule has 5 nitrogen and oxygen atoms in total. The lowest BCUT2D eigenvalue weighted by Gasteiger charge is -2.23. The molecule has 0 aromatic carbocycles. The number of aliphatic hydroxyl groups excluding tert-OH is 1. The topological polar surface area (TPSA) is 74.2 Å². The zero-order valence-electron chi connectivity index (χ0n) is 12.9. The Kier molecular flexibility index (Phi) is 5.65. The van der Waals surface area contributed by atoms with Crippen LogP contribution >= 0.6 is 0 Å². The third-order valence-electron chi connectivity index (χ3n) is 2.77. The van der Waals surface area contributed by atoms with Gasteiger partial charge in [-0.3, -0.25) is 4.79 Å². The molecule has 5 heteroatoms. The van der Waals surface area contributed by atoms with Crippen molar-refractivity contribution in [3.8, 4) is 0 Å². The Hall–Kier alpha value is -1.46. The van der Waals surface area contributed by atoms with Crippen molar-refractivity contribution < 1.29 is 9.90 Å². The second-order valence-electron chi connectivity index (χ2n) is 6.27. The highest BCUT2D eigenvalue weighted by Crippen LogP contribution is 2.14. The molecule has 1 aromatic heterocycles. The average molecular weight is 279 g/mol. The van der Waals surface area contributed by atoms with E-state index >= 15 is 0 Å². The number of nitrogens with zero attached hydrogens (tertiary/aromatic N) is 1. The van der Waals surface area contributed by atoms with Crippen molar-refractivity contribution in [1.29, 1.82) is 0 Å². The van der Waals surface area contributed by atoms with Crippen molar-refractivity contribution in [2.45, 2.75) is 46.3 Å². The van der Waals surface area contributed by atoms with Crippen molar-refractivity contribution in [1.82, 2.24) is 10.3 Å². The van der Waals surface area contributed by atoms with Crippen LogP contribution in [0.4, 0.5) is 5.82 Å². The van der Waals surface area contributed by atoms with E-state index in [9.17, 15) is 9.90 Å². The molecular weight excluding hydrogens is 254 g/mol. The Morgan fingerprint density at radius 3 is 2.45 bits per heavy atom. The fourth-order valence-corrected chi connectivity index (χ4v) is 1.47. The molecule has 3 N–H and O–H groups in total. The molecule has 0 aliphatic rings. The summed E-state index contributed by atoms with van der Waals surface area (Å²) < 4.78 is 0. The molecular formula is C15H25N3O2. The minimum absolute atomic E-state index is 0.0421. The van der Waals surface area contributed by atoms with Gasteiger partial charge in [-0.25, -0.2) is 4.98 Å². The second kappa shape index (κ2) is 6.81. The Morgan fingerprint density at radius 2 is 2.00 bits per heavy atom. The molecule has 1 rings (SSSR count). The molecule has 1 amide bonds. The summed E-state index contributed by atoms with van der Waals surface area (Å²) >= 11 is 0. The Balaban J connectivity index is 2.59. The first-order valence-electron chi connectivity index (χ1n) is 6.89. The number of carbonyl (C=O) groups excluding carboxylic acids is 1. The SMILES string of the molecule is CC(C)C(=O)Nc1ccc(C(O)CNC(C)(C)C)cn1. The van der Waals surface area contributed by atoms with E-state index in [0.717, 1.165) is 5.56 Å². The maximum Gasteiger partial charge on any atom is 0.228 e. The number of aliphatic hydroxyl groups is 1. The summed E-state index contributed by atoms with van der Waals surface area (Å²) in [6.07, 6.45) is 0.974. The quantitative estimate of drug-likeness (QED) is 0.771. The Labute approximate surface area is 120 Å². The summed E-state index contributed by atoms with van der Waals surface area (Å²) in [5.41, 5.74) is 0.684.